The number of hydrogen-bond donors (Lipinski definition) is 1. The quantitative estimate of drug-likeness (QED) is 0.669. The maximum atomic E-state index is 12.0. The third-order valence-electron chi connectivity index (χ3n) is 3.88. The molecule has 1 fully saturated rings. The highest BCUT2D eigenvalue weighted by molar-refractivity contribution is 5.77. The van der Waals surface area contributed by atoms with Crippen molar-refractivity contribution in [1.29, 1.82) is 0 Å². The number of hydrogen-bond acceptors (Lipinski definition) is 4. The van der Waals surface area contributed by atoms with Gasteiger partial charge in [0.1, 0.15) is 6.61 Å². The molecule has 0 saturated carbocycles. The maximum absolute atomic E-state index is 12.0. The van der Waals surface area contributed by atoms with Gasteiger partial charge in [-0.2, -0.15) is 0 Å². The first kappa shape index (κ1) is 18.7. The molecule has 0 atom stereocenters. The Labute approximate surface area is 132 Å². The third-order valence-corrected chi connectivity index (χ3v) is 3.88. The van der Waals surface area contributed by atoms with Crippen molar-refractivity contribution in [3.63, 3.8) is 0 Å². The standard InChI is InChI=1S/C15H29N3O4/c1-4-17(5-2)15(20)16-13-6-8-18(9-7-13)14(19)12-22-11-10-21-3/h13H,4-12H2,1-3H3,(H,16,20). The number of carbonyl (C=O) groups is 2. The average molecular weight is 315 g/mol. The number of rotatable bonds is 8. The van der Waals surface area contributed by atoms with Gasteiger partial charge in [0.05, 0.1) is 13.2 Å². The Morgan fingerprint density at radius 1 is 1.18 bits per heavy atom. The molecule has 7 heteroatoms. The number of nitrogens with zero attached hydrogens (tertiary/aromatic N) is 2. The Bertz CT molecular complexity index is 340. The number of likely N-dealkylation sites (tertiary alicyclic amines) is 1. The summed E-state index contributed by atoms with van der Waals surface area (Å²) >= 11 is 0. The van der Waals surface area contributed by atoms with Crippen LogP contribution < -0.4 is 5.32 Å². The summed E-state index contributed by atoms with van der Waals surface area (Å²) < 4.78 is 10.1. The molecule has 128 valence electrons. The van der Waals surface area contributed by atoms with Crippen LogP contribution in [0.1, 0.15) is 26.7 Å². The lowest BCUT2D eigenvalue weighted by molar-refractivity contribution is -0.137. The van der Waals surface area contributed by atoms with Gasteiger partial charge in [-0.1, -0.05) is 0 Å². The molecule has 0 aromatic heterocycles. The Kier molecular flexibility index (Phi) is 8.84. The molecular formula is C15H29N3O4. The first-order chi connectivity index (χ1) is 10.6. The molecule has 1 rings (SSSR count). The zero-order chi connectivity index (χ0) is 16.4. The Balaban J connectivity index is 2.25. The summed E-state index contributed by atoms with van der Waals surface area (Å²) in [4.78, 5) is 27.5. The van der Waals surface area contributed by atoms with Gasteiger partial charge >= 0.3 is 6.03 Å². The topological polar surface area (TPSA) is 71.1 Å². The number of ether oxygens (including phenoxy) is 2. The molecule has 7 nitrogen and oxygen atoms in total. The van der Waals surface area contributed by atoms with Gasteiger partial charge in [-0.3, -0.25) is 4.79 Å². The van der Waals surface area contributed by atoms with Crippen LogP contribution in [0.2, 0.25) is 0 Å². The maximum Gasteiger partial charge on any atom is 0.317 e. The van der Waals surface area contributed by atoms with Gasteiger partial charge in [-0.05, 0) is 26.7 Å². The van der Waals surface area contributed by atoms with E-state index in [9.17, 15) is 9.59 Å². The van der Waals surface area contributed by atoms with Gasteiger partial charge in [-0.25, -0.2) is 4.79 Å². The smallest absolute Gasteiger partial charge is 0.317 e. The van der Waals surface area contributed by atoms with Gasteiger partial charge in [0, 0.05) is 39.3 Å². The zero-order valence-electron chi connectivity index (χ0n) is 14.0. The summed E-state index contributed by atoms with van der Waals surface area (Å²) in [6, 6.07) is 0.129. The predicted molar refractivity (Wildman–Crippen MR) is 83.7 cm³/mol. The molecule has 1 N–H and O–H groups in total. The number of carbonyl (C=O) groups excluding carboxylic acids is 2. The second-order valence-corrected chi connectivity index (χ2v) is 5.32. The summed E-state index contributed by atoms with van der Waals surface area (Å²) in [5.74, 6) is 0.00428. The van der Waals surface area contributed by atoms with Crippen LogP contribution in [-0.2, 0) is 14.3 Å². The van der Waals surface area contributed by atoms with Crippen LogP contribution in [0.25, 0.3) is 0 Å². The van der Waals surface area contributed by atoms with Crippen molar-refractivity contribution in [1.82, 2.24) is 15.1 Å². The molecule has 1 heterocycles. The summed E-state index contributed by atoms with van der Waals surface area (Å²) in [6.07, 6.45) is 1.58. The minimum absolute atomic E-state index is 0.00428. The summed E-state index contributed by atoms with van der Waals surface area (Å²) in [5.41, 5.74) is 0. The Morgan fingerprint density at radius 3 is 2.36 bits per heavy atom. The molecule has 1 saturated heterocycles. The highest BCUT2D eigenvalue weighted by Gasteiger charge is 2.24. The summed E-state index contributed by atoms with van der Waals surface area (Å²) in [6.45, 7) is 7.69. The Hall–Kier alpha value is -1.34. The Morgan fingerprint density at radius 2 is 1.82 bits per heavy atom. The van der Waals surface area contributed by atoms with Gasteiger partial charge in [-0.15, -0.1) is 0 Å². The van der Waals surface area contributed by atoms with Crippen LogP contribution in [0.3, 0.4) is 0 Å². The van der Waals surface area contributed by atoms with Crippen LogP contribution >= 0.6 is 0 Å². The van der Waals surface area contributed by atoms with E-state index in [1.807, 2.05) is 13.8 Å². The monoisotopic (exact) mass is 315 g/mol. The lowest BCUT2D eigenvalue weighted by Crippen LogP contribution is -2.50. The molecule has 1 aliphatic rings. The van der Waals surface area contributed by atoms with Gasteiger partial charge in [0.2, 0.25) is 5.91 Å². The van der Waals surface area contributed by atoms with Crippen molar-refractivity contribution in [2.75, 3.05) is 53.1 Å². The lowest BCUT2D eigenvalue weighted by Gasteiger charge is -2.33. The number of piperidine rings is 1. The van der Waals surface area contributed by atoms with Gasteiger partial charge in [0.15, 0.2) is 0 Å². The lowest BCUT2D eigenvalue weighted by atomic mass is 10.1. The summed E-state index contributed by atoms with van der Waals surface area (Å²) in [7, 11) is 1.60. The van der Waals surface area contributed by atoms with E-state index < -0.39 is 0 Å². The fourth-order valence-corrected chi connectivity index (χ4v) is 2.44. The summed E-state index contributed by atoms with van der Waals surface area (Å²) in [5, 5.41) is 3.04. The van der Waals surface area contributed by atoms with Crippen LogP contribution in [0.5, 0.6) is 0 Å². The minimum atomic E-state index is -0.0160. The van der Waals surface area contributed by atoms with E-state index in [1.165, 1.54) is 0 Å². The molecule has 0 aliphatic carbocycles. The second kappa shape index (κ2) is 10.4. The molecule has 22 heavy (non-hydrogen) atoms. The van der Waals surface area contributed by atoms with E-state index >= 15 is 0 Å². The van der Waals surface area contributed by atoms with Crippen molar-refractivity contribution < 1.29 is 19.1 Å². The van der Waals surface area contributed by atoms with Crippen molar-refractivity contribution >= 4 is 11.9 Å². The number of amides is 3. The van der Waals surface area contributed by atoms with Crippen molar-refractivity contribution in [2.24, 2.45) is 0 Å². The van der Waals surface area contributed by atoms with Crippen molar-refractivity contribution in [3.8, 4) is 0 Å². The van der Waals surface area contributed by atoms with E-state index in [-0.39, 0.29) is 24.6 Å². The molecule has 0 aromatic carbocycles. The highest BCUT2D eigenvalue weighted by atomic mass is 16.5. The average Bonchev–Trinajstić information content (AvgIpc) is 2.53. The van der Waals surface area contributed by atoms with E-state index in [2.05, 4.69) is 5.32 Å². The molecule has 1 aliphatic heterocycles. The fraction of sp³-hybridized carbons (Fsp3) is 0.867. The fourth-order valence-electron chi connectivity index (χ4n) is 2.44. The first-order valence-electron chi connectivity index (χ1n) is 8.02. The molecule has 0 aromatic rings. The largest absolute Gasteiger partial charge is 0.382 e. The SMILES string of the molecule is CCN(CC)C(=O)NC1CCN(C(=O)COCCOC)CC1. The zero-order valence-corrected chi connectivity index (χ0v) is 14.0. The normalized spacial score (nSPS) is 15.7. The highest BCUT2D eigenvalue weighted by Crippen LogP contribution is 2.11. The number of urea groups is 1. The van der Waals surface area contributed by atoms with Crippen LogP contribution in [0.15, 0.2) is 0 Å². The van der Waals surface area contributed by atoms with Crippen LogP contribution in [0.4, 0.5) is 4.79 Å². The minimum Gasteiger partial charge on any atom is -0.382 e. The van der Waals surface area contributed by atoms with E-state index in [0.717, 1.165) is 12.8 Å². The molecule has 0 radical (unpaired) electrons. The number of nitrogens with one attached hydrogen (secondary N) is 1. The second-order valence-electron chi connectivity index (χ2n) is 5.32. The number of methoxy groups -OCH3 is 1. The van der Waals surface area contributed by atoms with E-state index in [1.54, 1.807) is 16.9 Å². The van der Waals surface area contributed by atoms with Crippen molar-refractivity contribution in [3.05, 3.63) is 0 Å². The van der Waals surface area contributed by atoms with Crippen LogP contribution in [0, 0.1) is 0 Å². The van der Waals surface area contributed by atoms with E-state index in [0.29, 0.717) is 39.4 Å². The molecule has 0 unspecified atom stereocenters. The predicted octanol–water partition coefficient (Wildman–Crippen LogP) is 0.692. The molecular weight excluding hydrogens is 286 g/mol. The molecule has 0 spiro atoms. The van der Waals surface area contributed by atoms with Gasteiger partial charge < -0.3 is 24.6 Å². The third kappa shape index (κ3) is 6.19. The van der Waals surface area contributed by atoms with E-state index in [4.69, 9.17) is 9.47 Å². The molecule has 0 bridgehead atoms. The first-order valence-corrected chi connectivity index (χ1v) is 8.02. The van der Waals surface area contributed by atoms with Gasteiger partial charge in [0.25, 0.3) is 0 Å². The molecule has 3 amide bonds. The van der Waals surface area contributed by atoms with Crippen molar-refractivity contribution in [2.45, 2.75) is 32.7 Å². The van der Waals surface area contributed by atoms with Crippen LogP contribution in [-0.4, -0.2) is 80.9 Å².